The Morgan fingerprint density at radius 1 is 1.43 bits per heavy atom. The van der Waals surface area contributed by atoms with E-state index in [0.29, 0.717) is 18.0 Å². The Kier molecular flexibility index (Phi) is 2.78. The van der Waals surface area contributed by atoms with E-state index in [4.69, 9.17) is 4.98 Å². The number of nitrogens with zero attached hydrogens (tertiary/aromatic N) is 3. The molecule has 4 rings (SSSR count). The van der Waals surface area contributed by atoms with Crippen molar-refractivity contribution in [2.24, 2.45) is 0 Å². The van der Waals surface area contributed by atoms with Crippen molar-refractivity contribution in [3.63, 3.8) is 0 Å². The summed E-state index contributed by atoms with van der Waals surface area (Å²) < 4.78 is 2.12. The highest BCUT2D eigenvalue weighted by Crippen LogP contribution is 2.41. The number of carboxylic acids is 1. The van der Waals surface area contributed by atoms with Crippen LogP contribution in [0.5, 0.6) is 0 Å². The van der Waals surface area contributed by atoms with Crippen LogP contribution in [-0.4, -0.2) is 25.6 Å². The van der Waals surface area contributed by atoms with Crippen LogP contribution in [0.2, 0.25) is 0 Å². The molecule has 21 heavy (non-hydrogen) atoms. The molecule has 3 aromatic rings. The number of benzene rings is 1. The minimum atomic E-state index is -0.911. The quantitative estimate of drug-likeness (QED) is 0.803. The number of aromatic carboxylic acids is 1. The molecular formula is C15H13N3O2S. The summed E-state index contributed by atoms with van der Waals surface area (Å²) in [7, 11) is 0. The second-order valence-electron chi connectivity index (χ2n) is 5.32. The molecule has 0 atom stereocenters. The van der Waals surface area contributed by atoms with Gasteiger partial charge in [0.25, 0.3) is 0 Å². The molecule has 5 nitrogen and oxygen atoms in total. The van der Waals surface area contributed by atoms with Gasteiger partial charge >= 0.3 is 5.97 Å². The molecule has 1 fully saturated rings. The van der Waals surface area contributed by atoms with Crippen molar-refractivity contribution >= 4 is 28.3 Å². The molecule has 0 radical (unpaired) electrons. The maximum Gasteiger partial charge on any atom is 0.335 e. The van der Waals surface area contributed by atoms with E-state index in [1.165, 1.54) is 0 Å². The van der Waals surface area contributed by atoms with Gasteiger partial charge in [-0.2, -0.15) is 0 Å². The summed E-state index contributed by atoms with van der Waals surface area (Å²) in [5.41, 5.74) is 4.83. The van der Waals surface area contributed by atoms with Crippen molar-refractivity contribution in [3.05, 3.63) is 46.2 Å². The van der Waals surface area contributed by atoms with Crippen molar-refractivity contribution in [2.45, 2.75) is 25.3 Å². The SMILES string of the molecule is O=C(O)c1ccc2nc(C3CC3)n(Cc3cscn3)c2c1. The summed E-state index contributed by atoms with van der Waals surface area (Å²) in [5, 5.41) is 11.2. The molecule has 1 aromatic carbocycles. The van der Waals surface area contributed by atoms with E-state index in [-0.39, 0.29) is 0 Å². The predicted molar refractivity (Wildman–Crippen MR) is 79.9 cm³/mol. The van der Waals surface area contributed by atoms with Crippen LogP contribution in [0, 0.1) is 0 Å². The van der Waals surface area contributed by atoms with Gasteiger partial charge in [0, 0.05) is 11.3 Å². The van der Waals surface area contributed by atoms with E-state index >= 15 is 0 Å². The number of imidazole rings is 1. The van der Waals surface area contributed by atoms with Crippen molar-refractivity contribution < 1.29 is 9.90 Å². The Bertz CT molecular complexity index is 819. The Hall–Kier alpha value is -2.21. The smallest absolute Gasteiger partial charge is 0.335 e. The number of aromatic nitrogens is 3. The average Bonchev–Trinajstić information content (AvgIpc) is 3.07. The van der Waals surface area contributed by atoms with Gasteiger partial charge in [-0.05, 0) is 31.0 Å². The summed E-state index contributed by atoms with van der Waals surface area (Å²) in [6.45, 7) is 0.648. The first-order chi connectivity index (χ1) is 10.2. The number of hydrogen-bond donors (Lipinski definition) is 1. The third-order valence-electron chi connectivity index (χ3n) is 3.77. The van der Waals surface area contributed by atoms with Gasteiger partial charge in [0.1, 0.15) is 5.82 Å². The molecule has 0 aliphatic heterocycles. The minimum Gasteiger partial charge on any atom is -0.478 e. The van der Waals surface area contributed by atoms with Crippen molar-refractivity contribution in [1.29, 1.82) is 0 Å². The van der Waals surface area contributed by atoms with Gasteiger partial charge in [-0.1, -0.05) is 0 Å². The fourth-order valence-electron chi connectivity index (χ4n) is 2.57. The largest absolute Gasteiger partial charge is 0.478 e. The van der Waals surface area contributed by atoms with Gasteiger partial charge in [-0.15, -0.1) is 11.3 Å². The molecular weight excluding hydrogens is 286 g/mol. The zero-order valence-electron chi connectivity index (χ0n) is 11.2. The molecule has 1 saturated carbocycles. The second kappa shape index (κ2) is 4.66. The molecule has 0 unspecified atom stereocenters. The number of carbonyl (C=O) groups is 1. The maximum atomic E-state index is 11.2. The Labute approximate surface area is 124 Å². The van der Waals surface area contributed by atoms with Crippen LogP contribution in [0.4, 0.5) is 0 Å². The lowest BCUT2D eigenvalue weighted by atomic mass is 10.2. The minimum absolute atomic E-state index is 0.296. The van der Waals surface area contributed by atoms with E-state index in [2.05, 4.69) is 9.55 Å². The number of thiazole rings is 1. The molecule has 2 aromatic heterocycles. The summed E-state index contributed by atoms with van der Waals surface area (Å²) >= 11 is 1.57. The molecule has 0 saturated heterocycles. The molecule has 1 aliphatic rings. The monoisotopic (exact) mass is 299 g/mol. The Morgan fingerprint density at radius 3 is 2.95 bits per heavy atom. The topological polar surface area (TPSA) is 68.0 Å². The molecule has 106 valence electrons. The Morgan fingerprint density at radius 2 is 2.29 bits per heavy atom. The van der Waals surface area contributed by atoms with Crippen LogP contribution < -0.4 is 0 Å². The fourth-order valence-corrected chi connectivity index (χ4v) is 3.12. The normalized spacial score (nSPS) is 14.7. The average molecular weight is 299 g/mol. The van der Waals surface area contributed by atoms with Gasteiger partial charge in [0.15, 0.2) is 0 Å². The van der Waals surface area contributed by atoms with E-state index in [1.54, 1.807) is 29.5 Å². The predicted octanol–water partition coefficient (Wildman–Crippen LogP) is 3.12. The summed E-state index contributed by atoms with van der Waals surface area (Å²) in [6, 6.07) is 5.12. The first-order valence-electron chi connectivity index (χ1n) is 6.83. The molecule has 0 spiro atoms. The highest BCUT2D eigenvalue weighted by atomic mass is 32.1. The third-order valence-corrected chi connectivity index (χ3v) is 4.41. The summed E-state index contributed by atoms with van der Waals surface area (Å²) in [6.07, 6.45) is 2.32. The molecule has 1 aliphatic carbocycles. The third kappa shape index (κ3) is 2.21. The lowest BCUT2D eigenvalue weighted by Crippen LogP contribution is -2.05. The molecule has 0 amide bonds. The van der Waals surface area contributed by atoms with Crippen molar-refractivity contribution in [3.8, 4) is 0 Å². The molecule has 1 N–H and O–H groups in total. The number of carboxylic acid groups (broad SMARTS) is 1. The summed E-state index contributed by atoms with van der Waals surface area (Å²) in [5.74, 6) is 0.649. The lowest BCUT2D eigenvalue weighted by Gasteiger charge is -2.07. The van der Waals surface area contributed by atoms with Crippen LogP contribution >= 0.6 is 11.3 Å². The zero-order chi connectivity index (χ0) is 14.4. The first kappa shape index (κ1) is 12.5. The molecule has 0 bridgehead atoms. The van der Waals surface area contributed by atoms with Gasteiger partial charge < -0.3 is 9.67 Å². The van der Waals surface area contributed by atoms with Crippen LogP contribution in [0.1, 0.15) is 40.6 Å². The van der Waals surface area contributed by atoms with Gasteiger partial charge in [0.2, 0.25) is 0 Å². The number of hydrogen-bond acceptors (Lipinski definition) is 4. The number of fused-ring (bicyclic) bond motifs is 1. The highest BCUT2D eigenvalue weighted by Gasteiger charge is 2.30. The van der Waals surface area contributed by atoms with E-state index in [1.807, 2.05) is 10.9 Å². The second-order valence-corrected chi connectivity index (χ2v) is 6.04. The van der Waals surface area contributed by atoms with Crippen LogP contribution in [-0.2, 0) is 6.54 Å². The van der Waals surface area contributed by atoms with Crippen LogP contribution in [0.3, 0.4) is 0 Å². The van der Waals surface area contributed by atoms with E-state index < -0.39 is 5.97 Å². The van der Waals surface area contributed by atoms with Crippen molar-refractivity contribution in [1.82, 2.24) is 14.5 Å². The fraction of sp³-hybridized carbons (Fsp3) is 0.267. The zero-order valence-corrected chi connectivity index (χ0v) is 12.0. The summed E-state index contributed by atoms with van der Waals surface area (Å²) in [4.78, 5) is 20.2. The highest BCUT2D eigenvalue weighted by molar-refractivity contribution is 7.07. The first-order valence-corrected chi connectivity index (χ1v) is 7.77. The van der Waals surface area contributed by atoms with Gasteiger partial charge in [-0.25, -0.2) is 14.8 Å². The standard InChI is InChI=1S/C15H13N3O2S/c19-15(20)10-3-4-12-13(5-10)18(6-11-7-21-8-16-11)14(17-12)9-1-2-9/h3-5,7-9H,1-2,6H2,(H,19,20). The van der Waals surface area contributed by atoms with Gasteiger partial charge in [0.05, 0.1) is 34.3 Å². The Balaban J connectivity index is 1.88. The van der Waals surface area contributed by atoms with E-state index in [0.717, 1.165) is 35.4 Å². The van der Waals surface area contributed by atoms with E-state index in [9.17, 15) is 9.90 Å². The van der Waals surface area contributed by atoms with Crippen LogP contribution in [0.15, 0.2) is 29.1 Å². The number of rotatable bonds is 4. The van der Waals surface area contributed by atoms with Gasteiger partial charge in [-0.3, -0.25) is 0 Å². The van der Waals surface area contributed by atoms with Crippen molar-refractivity contribution in [2.75, 3.05) is 0 Å². The molecule has 2 heterocycles. The maximum absolute atomic E-state index is 11.2. The molecule has 6 heteroatoms. The van der Waals surface area contributed by atoms with Crippen LogP contribution in [0.25, 0.3) is 11.0 Å². The lowest BCUT2D eigenvalue weighted by molar-refractivity contribution is 0.0697.